The van der Waals surface area contributed by atoms with Crippen molar-refractivity contribution in [2.24, 2.45) is 0 Å². The molecule has 0 aliphatic heterocycles. The van der Waals surface area contributed by atoms with Crippen molar-refractivity contribution in [3.8, 4) is 0 Å². The maximum Gasteiger partial charge on any atom is 0.306 e. The molecule has 0 aliphatic carbocycles. The third-order valence-corrected chi connectivity index (χ3v) is 13.1. The average Bonchev–Trinajstić information content (AvgIpc) is 3.32. The summed E-state index contributed by atoms with van der Waals surface area (Å²) in [7, 11) is 0. The molecule has 0 aromatic heterocycles. The van der Waals surface area contributed by atoms with Crippen LogP contribution in [0.15, 0.2) is 48.6 Å². The lowest BCUT2D eigenvalue weighted by Crippen LogP contribution is -2.28. The van der Waals surface area contributed by atoms with E-state index in [0.717, 1.165) is 51.4 Å². The zero-order valence-corrected chi connectivity index (χ0v) is 44.2. The highest BCUT2D eigenvalue weighted by atomic mass is 16.6. The summed E-state index contributed by atoms with van der Waals surface area (Å²) in [6, 6.07) is 0. The summed E-state index contributed by atoms with van der Waals surface area (Å²) in [5, 5.41) is 9.66. The van der Waals surface area contributed by atoms with Crippen LogP contribution in [0.5, 0.6) is 0 Å². The van der Waals surface area contributed by atoms with Crippen LogP contribution in [0, 0.1) is 0 Å². The second-order valence-corrected chi connectivity index (χ2v) is 19.7. The van der Waals surface area contributed by atoms with Crippen LogP contribution in [-0.2, 0) is 19.1 Å². The van der Waals surface area contributed by atoms with Crippen LogP contribution in [0.4, 0.5) is 0 Å². The van der Waals surface area contributed by atoms with Crippen molar-refractivity contribution in [2.75, 3.05) is 13.2 Å². The molecule has 0 heterocycles. The summed E-state index contributed by atoms with van der Waals surface area (Å²) in [4.78, 5) is 24.5. The minimum absolute atomic E-state index is 0.0643. The Morgan fingerprint density at radius 3 is 0.924 bits per heavy atom. The molecule has 0 aliphatic rings. The van der Waals surface area contributed by atoms with Crippen LogP contribution in [0.1, 0.15) is 309 Å². The lowest BCUT2D eigenvalue weighted by Gasteiger charge is -2.15. The standard InChI is InChI=1S/C61H112O5/c1-3-5-7-9-11-13-15-17-19-21-23-25-27-29-30-32-34-36-38-40-42-44-46-48-50-52-54-56-61(64)66-59(57-62)58-65-60(63)55-53-51-49-47-45-43-41-39-37-35-33-31-28-26-24-22-20-18-16-14-12-10-8-6-4-2/h15,17,21-24,27,29,59,62H,3-14,16,18-20,25-26,28,30-58H2,1-2H3/b17-15-,23-21-,24-22-,29-27-. The number of allylic oxidation sites excluding steroid dienone is 8. The van der Waals surface area contributed by atoms with Gasteiger partial charge in [-0.25, -0.2) is 0 Å². The topological polar surface area (TPSA) is 72.8 Å². The van der Waals surface area contributed by atoms with Crippen molar-refractivity contribution in [1.29, 1.82) is 0 Å². The van der Waals surface area contributed by atoms with Crippen LogP contribution < -0.4 is 0 Å². The molecule has 0 saturated heterocycles. The lowest BCUT2D eigenvalue weighted by atomic mass is 10.0. The quantitative estimate of drug-likeness (QED) is 0.0374. The number of aliphatic hydroxyl groups excluding tert-OH is 1. The summed E-state index contributed by atoms with van der Waals surface area (Å²) < 4.78 is 10.7. The number of unbranched alkanes of at least 4 members (excludes halogenated alkanes) is 38. The highest BCUT2D eigenvalue weighted by molar-refractivity contribution is 5.70. The van der Waals surface area contributed by atoms with Gasteiger partial charge in [-0.15, -0.1) is 0 Å². The minimum atomic E-state index is -0.774. The third-order valence-electron chi connectivity index (χ3n) is 13.1. The molecular weight excluding hydrogens is 813 g/mol. The van der Waals surface area contributed by atoms with Crippen LogP contribution in [0.2, 0.25) is 0 Å². The summed E-state index contributed by atoms with van der Waals surface area (Å²) in [5.41, 5.74) is 0. The number of hydrogen-bond acceptors (Lipinski definition) is 5. The fraction of sp³-hybridized carbons (Fsp3) is 0.836. The van der Waals surface area contributed by atoms with Crippen molar-refractivity contribution < 1.29 is 24.2 Å². The Kier molecular flexibility index (Phi) is 55.3. The second kappa shape index (κ2) is 57.2. The van der Waals surface area contributed by atoms with Crippen molar-refractivity contribution >= 4 is 11.9 Å². The van der Waals surface area contributed by atoms with E-state index in [1.54, 1.807) is 0 Å². The molecule has 0 radical (unpaired) electrons. The van der Waals surface area contributed by atoms with E-state index >= 15 is 0 Å². The molecule has 66 heavy (non-hydrogen) atoms. The Morgan fingerprint density at radius 1 is 0.348 bits per heavy atom. The van der Waals surface area contributed by atoms with Gasteiger partial charge < -0.3 is 14.6 Å². The number of aliphatic hydroxyl groups is 1. The number of carbonyl (C=O) groups is 2. The van der Waals surface area contributed by atoms with Crippen LogP contribution in [0.3, 0.4) is 0 Å². The van der Waals surface area contributed by atoms with Gasteiger partial charge in [0.1, 0.15) is 6.61 Å². The van der Waals surface area contributed by atoms with Gasteiger partial charge in [0.25, 0.3) is 0 Å². The zero-order valence-electron chi connectivity index (χ0n) is 44.2. The molecule has 0 aromatic rings. The van der Waals surface area contributed by atoms with E-state index in [9.17, 15) is 14.7 Å². The molecule has 0 fully saturated rings. The first-order chi connectivity index (χ1) is 32.6. The second-order valence-electron chi connectivity index (χ2n) is 19.7. The van der Waals surface area contributed by atoms with Gasteiger partial charge >= 0.3 is 11.9 Å². The van der Waals surface area contributed by atoms with E-state index in [1.165, 1.54) is 231 Å². The monoisotopic (exact) mass is 925 g/mol. The fourth-order valence-electron chi connectivity index (χ4n) is 8.68. The first-order valence-corrected chi connectivity index (χ1v) is 29.2. The summed E-state index contributed by atoms with van der Waals surface area (Å²) in [5.74, 6) is -0.580. The van der Waals surface area contributed by atoms with Crippen LogP contribution in [0.25, 0.3) is 0 Å². The highest BCUT2D eigenvalue weighted by Crippen LogP contribution is 2.17. The van der Waals surface area contributed by atoms with Crippen molar-refractivity contribution in [3.05, 3.63) is 48.6 Å². The molecule has 5 heteroatoms. The molecule has 0 amide bonds. The Hall–Kier alpha value is -2.14. The van der Waals surface area contributed by atoms with Gasteiger partial charge in [-0.05, 0) is 77.0 Å². The normalized spacial score (nSPS) is 12.5. The molecular formula is C61H112O5. The SMILES string of the molecule is CCCCCCC/C=C\C/C=C\C/C=C\CCCCCCCCCCCCCCC(=O)OC(CO)COC(=O)CCCCCCCCCCCCCCC/C=C\CCCCCCCCCC. The van der Waals surface area contributed by atoms with E-state index in [4.69, 9.17) is 9.47 Å². The van der Waals surface area contributed by atoms with Crippen molar-refractivity contribution in [3.63, 3.8) is 0 Å². The summed E-state index contributed by atoms with van der Waals surface area (Å²) in [6.45, 7) is 4.17. The summed E-state index contributed by atoms with van der Waals surface area (Å²) >= 11 is 0. The van der Waals surface area contributed by atoms with Gasteiger partial charge in [0, 0.05) is 12.8 Å². The maximum absolute atomic E-state index is 12.3. The molecule has 1 atom stereocenters. The first kappa shape index (κ1) is 63.9. The Labute approximate surface area is 411 Å². The highest BCUT2D eigenvalue weighted by Gasteiger charge is 2.16. The van der Waals surface area contributed by atoms with Gasteiger partial charge in [0.15, 0.2) is 6.10 Å². The number of esters is 2. The molecule has 0 saturated carbocycles. The van der Waals surface area contributed by atoms with E-state index < -0.39 is 6.10 Å². The molecule has 386 valence electrons. The number of rotatable bonds is 54. The van der Waals surface area contributed by atoms with Gasteiger partial charge in [-0.1, -0.05) is 268 Å². The Bertz CT molecular complexity index is 1090. The smallest absolute Gasteiger partial charge is 0.306 e. The predicted molar refractivity (Wildman–Crippen MR) is 288 cm³/mol. The maximum atomic E-state index is 12.3. The zero-order chi connectivity index (χ0) is 47.7. The number of hydrogen-bond donors (Lipinski definition) is 1. The number of carbonyl (C=O) groups excluding carboxylic acids is 2. The average molecular weight is 926 g/mol. The molecule has 1 unspecified atom stereocenters. The summed E-state index contributed by atoms with van der Waals surface area (Å²) in [6.07, 6.45) is 75.2. The van der Waals surface area contributed by atoms with E-state index in [2.05, 4.69) is 62.5 Å². The molecule has 0 bridgehead atoms. The third kappa shape index (κ3) is 54.5. The molecule has 5 nitrogen and oxygen atoms in total. The van der Waals surface area contributed by atoms with E-state index in [1.807, 2.05) is 0 Å². The fourth-order valence-corrected chi connectivity index (χ4v) is 8.68. The first-order valence-electron chi connectivity index (χ1n) is 29.2. The van der Waals surface area contributed by atoms with Gasteiger partial charge in [0.05, 0.1) is 6.61 Å². The molecule has 1 N–H and O–H groups in total. The van der Waals surface area contributed by atoms with E-state index in [0.29, 0.717) is 12.8 Å². The molecule has 0 aromatic carbocycles. The Morgan fingerprint density at radius 2 is 0.606 bits per heavy atom. The van der Waals surface area contributed by atoms with Gasteiger partial charge in [-0.2, -0.15) is 0 Å². The molecule has 0 spiro atoms. The van der Waals surface area contributed by atoms with E-state index in [-0.39, 0.29) is 25.2 Å². The van der Waals surface area contributed by atoms with Gasteiger partial charge in [0.2, 0.25) is 0 Å². The van der Waals surface area contributed by atoms with Crippen molar-refractivity contribution in [2.45, 2.75) is 315 Å². The van der Waals surface area contributed by atoms with Crippen molar-refractivity contribution in [1.82, 2.24) is 0 Å². The van der Waals surface area contributed by atoms with Crippen LogP contribution >= 0.6 is 0 Å². The number of ether oxygens (including phenoxy) is 2. The molecule has 0 rings (SSSR count). The minimum Gasteiger partial charge on any atom is -0.462 e. The predicted octanol–water partition coefficient (Wildman–Crippen LogP) is 19.6. The lowest BCUT2D eigenvalue weighted by molar-refractivity contribution is -0.161. The van der Waals surface area contributed by atoms with Gasteiger partial charge in [-0.3, -0.25) is 9.59 Å². The Balaban J connectivity index is 3.46. The van der Waals surface area contributed by atoms with Crippen LogP contribution in [-0.4, -0.2) is 36.4 Å². The largest absolute Gasteiger partial charge is 0.462 e.